The molecule has 0 radical (unpaired) electrons. The Labute approximate surface area is 183 Å². The first kappa shape index (κ1) is 22.2. The molecule has 2 heterocycles. The van der Waals surface area contributed by atoms with Crippen molar-refractivity contribution in [2.45, 2.75) is 26.8 Å². The van der Waals surface area contributed by atoms with Gasteiger partial charge in [0.2, 0.25) is 5.91 Å². The maximum absolute atomic E-state index is 12.7. The summed E-state index contributed by atoms with van der Waals surface area (Å²) < 4.78 is 1.94. The molecule has 30 heavy (non-hydrogen) atoms. The van der Waals surface area contributed by atoms with Crippen LogP contribution in [0.2, 0.25) is 5.02 Å². The largest absolute Gasteiger partial charge is 0.357 e. The molecule has 1 unspecified atom stereocenters. The highest BCUT2D eigenvalue weighted by atomic mass is 35.5. The molecule has 3 rings (SSSR count). The van der Waals surface area contributed by atoms with Crippen LogP contribution >= 0.6 is 11.6 Å². The highest BCUT2D eigenvalue weighted by molar-refractivity contribution is 6.30. The standard InChI is InChI=1S/C22H31ClN6O/c1-3-24-22(25-16-18(2)17-29-9-5-8-26-29)28-12-10-27(11-13-28)21(30)15-19-6-4-7-20(23)14-19/h4-9,14,18H,3,10-13,15-17H2,1-2H3,(H,24,25). The van der Waals surface area contributed by atoms with Gasteiger partial charge in [-0.1, -0.05) is 30.7 Å². The molecule has 1 amide bonds. The van der Waals surface area contributed by atoms with E-state index in [-0.39, 0.29) is 5.91 Å². The van der Waals surface area contributed by atoms with E-state index in [4.69, 9.17) is 16.6 Å². The van der Waals surface area contributed by atoms with Crippen molar-refractivity contribution in [3.8, 4) is 0 Å². The van der Waals surface area contributed by atoms with Crippen LogP contribution in [0.1, 0.15) is 19.4 Å². The number of guanidine groups is 1. The number of piperazine rings is 1. The maximum atomic E-state index is 12.7. The first-order chi connectivity index (χ1) is 14.5. The number of hydrogen-bond acceptors (Lipinski definition) is 3. The van der Waals surface area contributed by atoms with Gasteiger partial charge in [0.1, 0.15) is 0 Å². The predicted molar refractivity (Wildman–Crippen MR) is 121 cm³/mol. The molecule has 1 fully saturated rings. The molecule has 1 aromatic carbocycles. The van der Waals surface area contributed by atoms with E-state index in [0.717, 1.165) is 44.2 Å². The topological polar surface area (TPSA) is 65.8 Å². The Balaban J connectivity index is 1.51. The zero-order chi connectivity index (χ0) is 21.3. The summed E-state index contributed by atoms with van der Waals surface area (Å²) in [5.41, 5.74) is 0.955. The Morgan fingerprint density at radius 2 is 2.00 bits per heavy atom. The molecule has 2 aromatic rings. The molecule has 1 atom stereocenters. The van der Waals surface area contributed by atoms with Crippen LogP contribution in [0, 0.1) is 5.92 Å². The lowest BCUT2D eigenvalue weighted by atomic mass is 10.1. The van der Waals surface area contributed by atoms with Crippen LogP contribution < -0.4 is 5.32 Å². The van der Waals surface area contributed by atoms with E-state index in [2.05, 4.69) is 29.2 Å². The molecule has 1 aromatic heterocycles. The number of amides is 1. The second-order valence-electron chi connectivity index (χ2n) is 7.70. The van der Waals surface area contributed by atoms with Crippen molar-refractivity contribution in [2.24, 2.45) is 10.9 Å². The Morgan fingerprint density at radius 3 is 2.67 bits per heavy atom. The van der Waals surface area contributed by atoms with Crippen LogP contribution in [0.3, 0.4) is 0 Å². The molecule has 1 aliphatic rings. The molecule has 1 saturated heterocycles. The lowest BCUT2D eigenvalue weighted by Gasteiger charge is -2.36. The van der Waals surface area contributed by atoms with Gasteiger partial charge >= 0.3 is 0 Å². The molecule has 1 aliphatic heterocycles. The smallest absolute Gasteiger partial charge is 0.227 e. The summed E-state index contributed by atoms with van der Waals surface area (Å²) in [5, 5.41) is 8.32. The summed E-state index contributed by atoms with van der Waals surface area (Å²) in [7, 11) is 0. The van der Waals surface area contributed by atoms with Crippen molar-refractivity contribution >= 4 is 23.5 Å². The molecule has 1 N–H and O–H groups in total. The van der Waals surface area contributed by atoms with E-state index in [1.165, 1.54) is 0 Å². The quantitative estimate of drug-likeness (QED) is 0.541. The van der Waals surface area contributed by atoms with Crippen molar-refractivity contribution in [1.29, 1.82) is 0 Å². The van der Waals surface area contributed by atoms with Gasteiger partial charge in [0.25, 0.3) is 0 Å². The van der Waals surface area contributed by atoms with Gasteiger partial charge in [-0.25, -0.2) is 0 Å². The minimum atomic E-state index is 0.145. The summed E-state index contributed by atoms with van der Waals surface area (Å²) in [4.78, 5) is 21.7. The molecule has 7 nitrogen and oxygen atoms in total. The third-order valence-corrected chi connectivity index (χ3v) is 5.36. The van der Waals surface area contributed by atoms with Crippen LogP contribution in [0.25, 0.3) is 0 Å². The first-order valence-electron chi connectivity index (χ1n) is 10.6. The number of nitrogens with zero attached hydrogens (tertiary/aromatic N) is 5. The van der Waals surface area contributed by atoms with Crippen LogP contribution in [-0.2, 0) is 17.8 Å². The zero-order valence-corrected chi connectivity index (χ0v) is 18.6. The Kier molecular flexibility index (Phi) is 8.13. The highest BCUT2D eigenvalue weighted by Crippen LogP contribution is 2.13. The van der Waals surface area contributed by atoms with Crippen molar-refractivity contribution in [3.63, 3.8) is 0 Å². The van der Waals surface area contributed by atoms with Gasteiger partial charge in [0.15, 0.2) is 5.96 Å². The minimum absolute atomic E-state index is 0.145. The molecular weight excluding hydrogens is 400 g/mol. The average molecular weight is 431 g/mol. The number of aromatic nitrogens is 2. The van der Waals surface area contributed by atoms with Crippen LogP contribution in [-0.4, -0.2) is 70.7 Å². The van der Waals surface area contributed by atoms with E-state index in [1.54, 1.807) is 6.20 Å². The Bertz CT molecular complexity index is 830. The number of halogens is 1. The van der Waals surface area contributed by atoms with Crippen molar-refractivity contribution < 1.29 is 4.79 Å². The molecular formula is C22H31ClN6O. The zero-order valence-electron chi connectivity index (χ0n) is 17.8. The number of nitrogens with one attached hydrogen (secondary N) is 1. The second-order valence-corrected chi connectivity index (χ2v) is 8.14. The Morgan fingerprint density at radius 1 is 1.23 bits per heavy atom. The van der Waals surface area contributed by atoms with Crippen LogP contribution in [0.15, 0.2) is 47.7 Å². The van der Waals surface area contributed by atoms with Crippen LogP contribution in [0.5, 0.6) is 0 Å². The summed E-state index contributed by atoms with van der Waals surface area (Å²) in [6.07, 6.45) is 4.16. The van der Waals surface area contributed by atoms with E-state index in [1.807, 2.05) is 46.1 Å². The molecule has 0 bridgehead atoms. The molecule has 0 aliphatic carbocycles. The molecule has 0 saturated carbocycles. The first-order valence-corrected chi connectivity index (χ1v) is 11.0. The lowest BCUT2D eigenvalue weighted by molar-refractivity contribution is -0.131. The second kappa shape index (κ2) is 11.0. The molecule has 0 spiro atoms. The van der Waals surface area contributed by atoms with E-state index >= 15 is 0 Å². The number of carbonyl (C=O) groups is 1. The SMILES string of the molecule is CCNC(=NCC(C)Cn1cccn1)N1CCN(C(=O)Cc2cccc(Cl)c2)CC1. The summed E-state index contributed by atoms with van der Waals surface area (Å²) >= 11 is 6.03. The van der Waals surface area contributed by atoms with Gasteiger partial charge in [-0.2, -0.15) is 5.10 Å². The summed E-state index contributed by atoms with van der Waals surface area (Å²) in [5.74, 6) is 1.46. The van der Waals surface area contributed by atoms with Crippen molar-refractivity contribution in [2.75, 3.05) is 39.3 Å². The van der Waals surface area contributed by atoms with Gasteiger partial charge < -0.3 is 15.1 Å². The number of hydrogen-bond donors (Lipinski definition) is 1. The summed E-state index contributed by atoms with van der Waals surface area (Å²) in [6, 6.07) is 9.45. The highest BCUT2D eigenvalue weighted by Gasteiger charge is 2.23. The minimum Gasteiger partial charge on any atom is -0.357 e. The fourth-order valence-electron chi connectivity index (χ4n) is 3.55. The number of benzene rings is 1. The fraction of sp³-hybridized carbons (Fsp3) is 0.500. The number of carbonyl (C=O) groups excluding carboxylic acids is 1. The van der Waals surface area contributed by atoms with Gasteiger partial charge in [0, 0.05) is 63.2 Å². The van der Waals surface area contributed by atoms with E-state index in [0.29, 0.717) is 30.5 Å². The van der Waals surface area contributed by atoms with Gasteiger partial charge in [-0.05, 0) is 36.6 Å². The number of rotatable bonds is 7. The lowest BCUT2D eigenvalue weighted by Crippen LogP contribution is -2.54. The van der Waals surface area contributed by atoms with Gasteiger partial charge in [-0.3, -0.25) is 14.5 Å². The van der Waals surface area contributed by atoms with Crippen molar-refractivity contribution in [1.82, 2.24) is 24.9 Å². The monoisotopic (exact) mass is 430 g/mol. The van der Waals surface area contributed by atoms with E-state index < -0.39 is 0 Å². The summed E-state index contributed by atoms with van der Waals surface area (Å²) in [6.45, 7) is 9.62. The normalized spacial score (nSPS) is 15.9. The van der Waals surface area contributed by atoms with Gasteiger partial charge in [-0.15, -0.1) is 0 Å². The maximum Gasteiger partial charge on any atom is 0.227 e. The average Bonchev–Trinajstić information content (AvgIpc) is 3.24. The van der Waals surface area contributed by atoms with Crippen LogP contribution in [0.4, 0.5) is 0 Å². The molecule has 8 heteroatoms. The third kappa shape index (κ3) is 6.49. The van der Waals surface area contributed by atoms with Gasteiger partial charge in [0.05, 0.1) is 6.42 Å². The Hall–Kier alpha value is -2.54. The molecule has 162 valence electrons. The number of aliphatic imine (C=N–C) groups is 1. The predicted octanol–water partition coefficient (Wildman–Crippen LogP) is 2.53. The van der Waals surface area contributed by atoms with Crippen molar-refractivity contribution in [3.05, 3.63) is 53.3 Å². The third-order valence-electron chi connectivity index (χ3n) is 5.12. The van der Waals surface area contributed by atoms with E-state index in [9.17, 15) is 4.79 Å². The fourth-order valence-corrected chi connectivity index (χ4v) is 3.77.